The van der Waals surface area contributed by atoms with Crippen LogP contribution in [0.25, 0.3) is 11.3 Å². The molecule has 0 spiro atoms. The Morgan fingerprint density at radius 3 is 2.08 bits per heavy atom. The Labute approximate surface area is 388 Å². The van der Waals surface area contributed by atoms with E-state index in [2.05, 4.69) is 22.0 Å². The van der Waals surface area contributed by atoms with Gasteiger partial charge in [-0.05, 0) is 133 Å². The van der Waals surface area contributed by atoms with Crippen molar-refractivity contribution < 1.29 is 38.1 Å². The molecule has 7 rings (SSSR count). The summed E-state index contributed by atoms with van der Waals surface area (Å²) in [6.45, 7) is 4.04. The third kappa shape index (κ3) is 13.8. The van der Waals surface area contributed by atoms with Crippen LogP contribution in [-0.2, 0) is 24.2 Å². The summed E-state index contributed by atoms with van der Waals surface area (Å²) < 4.78 is 65.5. The molecule has 11 heteroatoms. The molecule has 4 aromatic carbocycles. The summed E-state index contributed by atoms with van der Waals surface area (Å²) in [6.07, 6.45) is 7.30. The molecule has 1 amide bonds. The van der Waals surface area contributed by atoms with Crippen LogP contribution in [0.1, 0.15) is 117 Å². The number of hydrogen-bond donors (Lipinski definition) is 0. The quantitative estimate of drug-likeness (QED) is 0.0349. The summed E-state index contributed by atoms with van der Waals surface area (Å²) in [5.74, 6) is 7.85. The van der Waals surface area contributed by atoms with E-state index in [9.17, 15) is 15.1 Å². The molecule has 0 saturated heterocycles. The molecule has 0 bridgehead atoms. The number of amides is 1. The Bertz CT molecular complexity index is 2670. The van der Waals surface area contributed by atoms with Crippen molar-refractivity contribution in [2.24, 2.45) is 5.92 Å². The second-order valence-electron chi connectivity index (χ2n) is 16.5. The lowest BCUT2D eigenvalue weighted by atomic mass is 10.1. The molecule has 2 heterocycles. The third-order valence-electron chi connectivity index (χ3n) is 10.6. The van der Waals surface area contributed by atoms with E-state index in [1.807, 2.05) is 56.3 Å². The first-order valence-electron chi connectivity index (χ1n) is 24.6. The van der Waals surface area contributed by atoms with Crippen LogP contribution < -0.4 is 19.1 Å². The molecule has 1 aliphatic rings. The van der Waals surface area contributed by atoms with Crippen LogP contribution in [0, 0.1) is 17.8 Å². The maximum absolute atomic E-state index is 13.8. The van der Waals surface area contributed by atoms with Gasteiger partial charge in [-0.25, -0.2) is 0 Å². The van der Waals surface area contributed by atoms with Crippen LogP contribution >= 0.6 is 0 Å². The number of esters is 1. The molecule has 0 unspecified atom stereocenters. The van der Waals surface area contributed by atoms with E-state index in [1.54, 1.807) is 91.7 Å². The number of nitrogens with zero attached hydrogens (tertiary/aromatic N) is 4. The topological polar surface area (TPSA) is 120 Å². The average molecular weight is 881 g/mol. The first-order chi connectivity index (χ1) is 33.2. The molecule has 65 heavy (non-hydrogen) atoms. The largest absolute Gasteiger partial charge is 0.493 e. The van der Waals surface area contributed by atoms with Gasteiger partial charge in [0.2, 0.25) is 5.89 Å². The number of ether oxygens (including phenoxy) is 3. The van der Waals surface area contributed by atoms with Gasteiger partial charge in [-0.1, -0.05) is 65.5 Å². The number of furan rings is 1. The standard InChI is InChI=1S/C54H60N4O7/c1-39(2)57(47-32-26-42(27-33-47)25-24-41-22-23-41)37-45-15-7-9-17-49(45)61-34-12-5-6-21-52(59)65-54-56-55-51(64-54)20-11-13-35-62-50-18-10-8-16-46(50)38-58(40(3)4)53(60)44-30-28-43(29-31-44)48-19-14-36-63-48/h7-10,14-19,26-33,36,39-41H,5-6,11-13,20-23,34-35,37-38H2,1-4H3/i37D2,38D2. The zero-order valence-electron chi connectivity index (χ0n) is 41.6. The van der Waals surface area contributed by atoms with E-state index in [4.69, 9.17) is 23.0 Å². The van der Waals surface area contributed by atoms with Gasteiger partial charge in [0.15, 0.2) is 0 Å². The maximum atomic E-state index is 13.8. The van der Waals surface area contributed by atoms with Crippen molar-refractivity contribution in [1.82, 2.24) is 15.1 Å². The maximum Gasteiger partial charge on any atom is 0.422 e. The molecule has 6 aromatic rings. The Kier molecular flexibility index (Phi) is 14.6. The average Bonchev–Trinajstić information content (AvgIpc) is 3.78. The third-order valence-corrected chi connectivity index (χ3v) is 10.6. The van der Waals surface area contributed by atoms with E-state index >= 15 is 0 Å². The van der Waals surface area contributed by atoms with Gasteiger partial charge in [-0.3, -0.25) is 9.59 Å². The summed E-state index contributed by atoms with van der Waals surface area (Å²) in [4.78, 5) is 29.4. The number of benzene rings is 4. The van der Waals surface area contributed by atoms with Gasteiger partial charge < -0.3 is 32.8 Å². The second-order valence-corrected chi connectivity index (χ2v) is 16.5. The van der Waals surface area contributed by atoms with E-state index in [0.29, 0.717) is 85.3 Å². The number of aryl methyl sites for hydroxylation is 1. The van der Waals surface area contributed by atoms with E-state index in [1.165, 1.54) is 4.90 Å². The molecule has 11 nitrogen and oxygen atoms in total. The number of hydrogen-bond acceptors (Lipinski definition) is 10. The van der Waals surface area contributed by atoms with E-state index in [0.717, 1.165) is 29.7 Å². The van der Waals surface area contributed by atoms with Crippen molar-refractivity contribution in [3.63, 3.8) is 0 Å². The Hall–Kier alpha value is -6.80. The highest BCUT2D eigenvalue weighted by Crippen LogP contribution is 2.29. The Morgan fingerprint density at radius 2 is 1.43 bits per heavy atom. The summed E-state index contributed by atoms with van der Waals surface area (Å²) in [7, 11) is 0. The first kappa shape index (κ1) is 40.9. The van der Waals surface area contributed by atoms with Gasteiger partial charge in [0, 0.05) is 77.3 Å². The number of anilines is 1. The van der Waals surface area contributed by atoms with Crippen molar-refractivity contribution in [3.05, 3.63) is 144 Å². The van der Waals surface area contributed by atoms with Crippen molar-refractivity contribution in [2.75, 3.05) is 18.1 Å². The lowest BCUT2D eigenvalue weighted by Gasteiger charge is -2.30. The number of rotatable bonds is 23. The van der Waals surface area contributed by atoms with Crippen LogP contribution in [0.5, 0.6) is 17.6 Å². The van der Waals surface area contributed by atoms with Crippen molar-refractivity contribution in [2.45, 2.75) is 111 Å². The minimum absolute atomic E-state index is 0.143. The fourth-order valence-corrected chi connectivity index (χ4v) is 6.83. The molecule has 0 N–H and O–H groups in total. The molecule has 0 radical (unpaired) electrons. The lowest BCUT2D eigenvalue weighted by Crippen LogP contribution is -2.36. The summed E-state index contributed by atoms with van der Waals surface area (Å²) in [5.41, 5.74) is 3.51. The predicted octanol–water partition coefficient (Wildman–Crippen LogP) is 11.5. The molecule has 0 aliphatic heterocycles. The number of para-hydroxylation sites is 2. The van der Waals surface area contributed by atoms with Crippen LogP contribution in [-0.4, -0.2) is 52.3 Å². The molecule has 338 valence electrons. The molecular formula is C54H60N4O7. The van der Waals surface area contributed by atoms with Crippen LogP contribution in [0.3, 0.4) is 0 Å². The fraction of sp³-hybridized carbons (Fsp3) is 0.370. The molecule has 0 atom stereocenters. The van der Waals surface area contributed by atoms with Crippen molar-refractivity contribution >= 4 is 17.6 Å². The van der Waals surface area contributed by atoms with E-state index < -0.39 is 30.9 Å². The number of aromatic nitrogens is 2. The zero-order valence-corrected chi connectivity index (χ0v) is 37.6. The van der Waals surface area contributed by atoms with Crippen LogP contribution in [0.15, 0.2) is 124 Å². The van der Waals surface area contributed by atoms with Gasteiger partial charge >= 0.3 is 12.0 Å². The van der Waals surface area contributed by atoms with Crippen LogP contribution in [0.2, 0.25) is 0 Å². The summed E-state index contributed by atoms with van der Waals surface area (Å²) in [6, 6.07) is 31.7. The smallest absolute Gasteiger partial charge is 0.422 e. The minimum Gasteiger partial charge on any atom is -0.493 e. The van der Waals surface area contributed by atoms with Gasteiger partial charge in [0.25, 0.3) is 5.91 Å². The summed E-state index contributed by atoms with van der Waals surface area (Å²) >= 11 is 0. The Balaban J connectivity index is 0.820. The number of carbonyl (C=O) groups is 2. The fourth-order valence-electron chi connectivity index (χ4n) is 6.83. The predicted molar refractivity (Wildman–Crippen MR) is 252 cm³/mol. The highest BCUT2D eigenvalue weighted by molar-refractivity contribution is 5.95. The minimum atomic E-state index is -2.20. The van der Waals surface area contributed by atoms with Crippen molar-refractivity contribution in [3.8, 4) is 40.7 Å². The Morgan fingerprint density at radius 1 is 0.754 bits per heavy atom. The first-order valence-corrected chi connectivity index (χ1v) is 22.6. The van der Waals surface area contributed by atoms with Gasteiger partial charge in [-0.2, -0.15) is 0 Å². The van der Waals surface area contributed by atoms with Gasteiger partial charge in [-0.15, -0.1) is 5.10 Å². The molecule has 1 saturated carbocycles. The molecular weight excluding hydrogens is 817 g/mol. The second kappa shape index (κ2) is 23.2. The SMILES string of the molecule is [2H]C([2H])(c1ccccc1OCCCCc1nnc(OC(=O)CCCCCOc2ccccc2C([2H])([2H])N(c2ccc(C#CC3CC3)cc2)C(C)C)o1)N(C(=O)c1ccc(-c2ccco2)cc1)C(C)C. The lowest BCUT2D eigenvalue weighted by molar-refractivity contribution is -0.136. The van der Waals surface area contributed by atoms with Gasteiger partial charge in [0.1, 0.15) is 17.3 Å². The normalized spacial score (nSPS) is 13.5. The molecule has 1 aliphatic carbocycles. The molecule has 2 aromatic heterocycles. The summed E-state index contributed by atoms with van der Waals surface area (Å²) in [5, 5.41) is 7.89. The zero-order chi connectivity index (χ0) is 49.0. The number of carbonyl (C=O) groups excluding carboxylic acids is 2. The van der Waals surface area contributed by atoms with Crippen LogP contribution in [0.4, 0.5) is 5.69 Å². The number of unbranched alkanes of at least 4 members (excludes halogenated alkanes) is 3. The van der Waals surface area contributed by atoms with Gasteiger partial charge in [0.05, 0.1) is 25.0 Å². The van der Waals surface area contributed by atoms with Crippen molar-refractivity contribution in [1.29, 1.82) is 0 Å². The monoisotopic (exact) mass is 880 g/mol. The molecule has 1 fully saturated rings. The van der Waals surface area contributed by atoms with E-state index in [-0.39, 0.29) is 30.7 Å². The highest BCUT2D eigenvalue weighted by atomic mass is 16.6. The highest BCUT2D eigenvalue weighted by Gasteiger charge is 2.22.